The van der Waals surface area contributed by atoms with E-state index in [1.54, 1.807) is 19.2 Å². The lowest BCUT2D eigenvalue weighted by molar-refractivity contribution is 0.130. The first-order valence-electron chi connectivity index (χ1n) is 8.10. The molecule has 3 rings (SSSR count). The van der Waals surface area contributed by atoms with E-state index < -0.39 is 5.82 Å². The van der Waals surface area contributed by atoms with Crippen LogP contribution in [-0.4, -0.2) is 30.6 Å². The molecule has 0 aromatic heterocycles. The lowest BCUT2D eigenvalue weighted by atomic mass is 9.65. The number of carbonyl (C=O) groups is 1. The second-order valence-electron chi connectivity index (χ2n) is 8.28. The fourth-order valence-electron chi connectivity index (χ4n) is 4.73. The van der Waals surface area contributed by atoms with Crippen LogP contribution in [-0.2, 0) is 0 Å². The highest BCUT2D eigenvalue weighted by Crippen LogP contribution is 2.52. The van der Waals surface area contributed by atoms with Crippen LogP contribution in [0.25, 0.3) is 0 Å². The average Bonchev–Trinajstić information content (AvgIpc) is 2.66. The van der Waals surface area contributed by atoms with Crippen molar-refractivity contribution in [1.82, 2.24) is 4.90 Å². The first kappa shape index (κ1) is 16.6. The number of hydrogen-bond donors (Lipinski definition) is 0. The molecule has 0 spiro atoms. The van der Waals surface area contributed by atoms with Crippen molar-refractivity contribution in [1.29, 1.82) is 0 Å². The zero-order chi connectivity index (χ0) is 17.0. The molecule has 2 bridgehead atoms. The molecule has 5 heteroatoms. The Morgan fingerprint density at radius 1 is 1.35 bits per heavy atom. The molecule has 1 heterocycles. The quantitative estimate of drug-likeness (QED) is 0.711. The van der Waals surface area contributed by atoms with Crippen LogP contribution in [0.5, 0.6) is 0 Å². The van der Waals surface area contributed by atoms with Crippen LogP contribution in [0.1, 0.15) is 40.0 Å². The third kappa shape index (κ3) is 3.06. The van der Waals surface area contributed by atoms with Gasteiger partial charge >= 0.3 is 6.03 Å². The normalized spacial score (nSPS) is 28.8. The highest BCUT2D eigenvalue weighted by Gasteiger charge is 2.51. The number of fused-ring (bicyclic) bond motifs is 2. The molecule has 2 unspecified atom stereocenters. The van der Waals surface area contributed by atoms with Gasteiger partial charge in [-0.3, -0.25) is 4.90 Å². The number of benzene rings is 1. The van der Waals surface area contributed by atoms with Crippen molar-refractivity contribution in [3.8, 4) is 0 Å². The summed E-state index contributed by atoms with van der Waals surface area (Å²) in [7, 11) is 1.63. The predicted molar refractivity (Wildman–Crippen MR) is 91.4 cm³/mol. The van der Waals surface area contributed by atoms with Gasteiger partial charge in [0.1, 0.15) is 5.82 Å². The standard InChI is InChI=1S/C18H24ClFN2O/c1-17(2)8-13-9-18(3,10-17)11-22(13)16(23)21(4)15-6-5-12(19)7-14(15)20/h5-7,13H,8-11H2,1-4H3. The molecular formula is C18H24ClFN2O. The number of halogens is 2. The van der Waals surface area contributed by atoms with Gasteiger partial charge in [0.15, 0.2) is 0 Å². The molecule has 23 heavy (non-hydrogen) atoms. The van der Waals surface area contributed by atoms with Gasteiger partial charge in [0.05, 0.1) is 5.69 Å². The van der Waals surface area contributed by atoms with E-state index in [9.17, 15) is 9.18 Å². The van der Waals surface area contributed by atoms with Crippen molar-refractivity contribution in [2.75, 3.05) is 18.5 Å². The van der Waals surface area contributed by atoms with E-state index in [-0.39, 0.29) is 28.6 Å². The highest BCUT2D eigenvalue weighted by atomic mass is 35.5. The Kier molecular flexibility index (Phi) is 3.87. The monoisotopic (exact) mass is 338 g/mol. The van der Waals surface area contributed by atoms with Crippen LogP contribution < -0.4 is 4.90 Å². The molecule has 2 amide bonds. The van der Waals surface area contributed by atoms with E-state index in [2.05, 4.69) is 20.8 Å². The maximum atomic E-state index is 14.1. The number of hydrogen-bond acceptors (Lipinski definition) is 1. The number of rotatable bonds is 1. The summed E-state index contributed by atoms with van der Waals surface area (Å²) in [5.41, 5.74) is 0.684. The van der Waals surface area contributed by atoms with E-state index in [0.29, 0.717) is 5.02 Å². The summed E-state index contributed by atoms with van der Waals surface area (Å²) in [5.74, 6) is -0.470. The van der Waals surface area contributed by atoms with Gasteiger partial charge in [0.25, 0.3) is 0 Å². The van der Waals surface area contributed by atoms with Crippen molar-refractivity contribution in [3.05, 3.63) is 29.0 Å². The molecule has 0 N–H and O–H groups in total. The Morgan fingerprint density at radius 2 is 2.04 bits per heavy atom. The fraction of sp³-hybridized carbons (Fsp3) is 0.611. The van der Waals surface area contributed by atoms with Gasteiger partial charge in [-0.2, -0.15) is 0 Å². The minimum absolute atomic E-state index is 0.127. The summed E-state index contributed by atoms with van der Waals surface area (Å²) in [5, 5.41) is 0.332. The number of anilines is 1. The Labute approximate surface area is 142 Å². The van der Waals surface area contributed by atoms with Crippen molar-refractivity contribution in [3.63, 3.8) is 0 Å². The van der Waals surface area contributed by atoms with Crippen molar-refractivity contribution < 1.29 is 9.18 Å². The summed E-state index contributed by atoms with van der Waals surface area (Å²) >= 11 is 5.80. The molecule has 0 radical (unpaired) electrons. The Bertz CT molecular complexity index is 648. The lowest BCUT2D eigenvalue weighted by Crippen LogP contribution is -2.44. The predicted octanol–water partition coefficient (Wildman–Crippen LogP) is 4.94. The molecule has 1 aromatic carbocycles. The number of urea groups is 1. The molecule has 3 nitrogen and oxygen atoms in total. The smallest absolute Gasteiger partial charge is 0.321 e. The minimum Gasteiger partial charge on any atom is -0.321 e. The minimum atomic E-state index is -0.470. The summed E-state index contributed by atoms with van der Waals surface area (Å²) in [6, 6.07) is 4.53. The topological polar surface area (TPSA) is 23.6 Å². The van der Waals surface area contributed by atoms with E-state index in [0.717, 1.165) is 25.8 Å². The zero-order valence-corrected chi connectivity index (χ0v) is 15.0. The number of carbonyl (C=O) groups excluding carboxylic acids is 1. The number of likely N-dealkylation sites (tertiary alicyclic amines) is 1. The number of amides is 2. The average molecular weight is 339 g/mol. The molecule has 1 aliphatic carbocycles. The first-order valence-corrected chi connectivity index (χ1v) is 8.47. The van der Waals surface area contributed by atoms with E-state index in [4.69, 9.17) is 11.6 Å². The van der Waals surface area contributed by atoms with Crippen LogP contribution in [0.4, 0.5) is 14.9 Å². The zero-order valence-electron chi connectivity index (χ0n) is 14.2. The van der Waals surface area contributed by atoms with Gasteiger partial charge in [-0.1, -0.05) is 32.4 Å². The van der Waals surface area contributed by atoms with Crippen LogP contribution in [0.2, 0.25) is 5.02 Å². The molecule has 1 saturated carbocycles. The van der Waals surface area contributed by atoms with Crippen LogP contribution in [0.3, 0.4) is 0 Å². The molecule has 2 atom stereocenters. The summed E-state index contributed by atoms with van der Waals surface area (Å²) in [6.45, 7) is 7.55. The SMILES string of the molecule is CN(C(=O)N1CC2(C)CC1CC(C)(C)C2)c1ccc(Cl)cc1F. The van der Waals surface area contributed by atoms with Gasteiger partial charge in [-0.25, -0.2) is 9.18 Å². The van der Waals surface area contributed by atoms with Gasteiger partial charge in [0.2, 0.25) is 0 Å². The Hall–Kier alpha value is -1.29. The second-order valence-corrected chi connectivity index (χ2v) is 8.72. The van der Waals surface area contributed by atoms with E-state index in [1.807, 2.05) is 4.90 Å². The Balaban J connectivity index is 1.83. The Morgan fingerprint density at radius 3 is 2.70 bits per heavy atom. The van der Waals surface area contributed by atoms with E-state index >= 15 is 0 Å². The van der Waals surface area contributed by atoms with Gasteiger partial charge in [-0.05, 0) is 48.3 Å². The summed E-state index contributed by atoms with van der Waals surface area (Å²) < 4.78 is 14.1. The van der Waals surface area contributed by atoms with Gasteiger partial charge in [-0.15, -0.1) is 0 Å². The maximum Gasteiger partial charge on any atom is 0.324 e. The molecule has 1 aromatic rings. The van der Waals surface area contributed by atoms with Crippen LogP contribution in [0, 0.1) is 16.6 Å². The second kappa shape index (κ2) is 5.37. The molecule has 1 saturated heterocycles. The van der Waals surface area contributed by atoms with Crippen LogP contribution in [0.15, 0.2) is 18.2 Å². The highest BCUT2D eigenvalue weighted by molar-refractivity contribution is 6.30. The number of nitrogens with zero attached hydrogens (tertiary/aromatic N) is 2. The largest absolute Gasteiger partial charge is 0.324 e. The molecule has 126 valence electrons. The first-order chi connectivity index (χ1) is 10.6. The third-order valence-electron chi connectivity index (χ3n) is 5.22. The molecule has 2 aliphatic rings. The molecule has 1 aliphatic heterocycles. The molecule has 2 fully saturated rings. The van der Waals surface area contributed by atoms with Gasteiger partial charge < -0.3 is 4.90 Å². The molecular weight excluding hydrogens is 315 g/mol. The van der Waals surface area contributed by atoms with Crippen molar-refractivity contribution in [2.45, 2.75) is 46.1 Å². The fourth-order valence-corrected chi connectivity index (χ4v) is 4.89. The van der Waals surface area contributed by atoms with E-state index in [1.165, 1.54) is 11.0 Å². The lowest BCUT2D eigenvalue weighted by Gasteiger charge is -2.39. The van der Waals surface area contributed by atoms with Crippen molar-refractivity contribution >= 4 is 23.3 Å². The van der Waals surface area contributed by atoms with Crippen LogP contribution >= 0.6 is 11.6 Å². The van der Waals surface area contributed by atoms with Gasteiger partial charge in [0, 0.05) is 24.7 Å². The summed E-state index contributed by atoms with van der Waals surface area (Å²) in [4.78, 5) is 16.3. The summed E-state index contributed by atoms with van der Waals surface area (Å²) in [6.07, 6.45) is 3.17. The van der Waals surface area contributed by atoms with Crippen molar-refractivity contribution in [2.24, 2.45) is 10.8 Å². The third-order valence-corrected chi connectivity index (χ3v) is 5.45. The maximum absolute atomic E-state index is 14.1.